The molecule has 1 aromatic heterocycles. The highest BCUT2D eigenvalue weighted by atomic mass is 19.4. The molecule has 0 radical (unpaired) electrons. The zero-order chi connectivity index (χ0) is 24.5. The lowest BCUT2D eigenvalue weighted by Gasteiger charge is -2.30. The molecular formula is C26H32F3N5. The largest absolute Gasteiger partial charge is 0.416 e. The van der Waals surface area contributed by atoms with Gasteiger partial charge in [0.2, 0.25) is 0 Å². The lowest BCUT2D eigenvalue weighted by Crippen LogP contribution is -2.39. The average molecular weight is 472 g/mol. The third-order valence-electron chi connectivity index (χ3n) is 6.89. The quantitative estimate of drug-likeness (QED) is 0.491. The molecule has 2 heterocycles. The number of nitrogens with one attached hydrogen (secondary N) is 1. The van der Waals surface area contributed by atoms with E-state index in [1.165, 1.54) is 25.8 Å². The molecule has 2 unspecified atom stereocenters. The van der Waals surface area contributed by atoms with Gasteiger partial charge in [0, 0.05) is 35.6 Å². The summed E-state index contributed by atoms with van der Waals surface area (Å²) in [6, 6.07) is 10.7. The summed E-state index contributed by atoms with van der Waals surface area (Å²) in [5, 5.41) is 13.6. The van der Waals surface area contributed by atoms with Crippen LogP contribution in [0.1, 0.15) is 48.9 Å². The maximum atomic E-state index is 13.4. The molecule has 1 aliphatic rings. The number of likely N-dealkylation sites (N-methyl/N-ethyl adjacent to an activating group) is 1. The van der Waals surface area contributed by atoms with Crippen LogP contribution in [0.5, 0.6) is 0 Å². The van der Waals surface area contributed by atoms with Crippen LogP contribution < -0.4 is 10.2 Å². The van der Waals surface area contributed by atoms with Crippen molar-refractivity contribution in [1.29, 1.82) is 0 Å². The third-order valence-corrected chi connectivity index (χ3v) is 6.89. The van der Waals surface area contributed by atoms with E-state index in [1.54, 1.807) is 12.3 Å². The van der Waals surface area contributed by atoms with Gasteiger partial charge in [0.05, 0.1) is 17.8 Å². The molecule has 8 heteroatoms. The lowest BCUT2D eigenvalue weighted by molar-refractivity contribution is -0.138. The topological polar surface area (TPSA) is 44.3 Å². The standard InChI is InChI=1S/C26H32F3N5/c1-17-22(9-7-10-24(17)26(27,28)29)18(2)31-25-23-14-20(12-11-19(23)15-30-32-25)34-13-6-5-8-21(16-34)33(3)4/h7,9-12,14-15,18,21H,5-6,8,13,16H2,1-4H3,(H,31,32). The second-order valence-corrected chi connectivity index (χ2v) is 9.41. The highest BCUT2D eigenvalue weighted by molar-refractivity contribution is 5.93. The zero-order valence-corrected chi connectivity index (χ0v) is 20.2. The normalized spacial score (nSPS) is 18.2. The van der Waals surface area contributed by atoms with Crippen LogP contribution in [0, 0.1) is 6.92 Å². The second kappa shape index (κ2) is 9.78. The van der Waals surface area contributed by atoms with Crippen LogP contribution >= 0.6 is 0 Å². The molecule has 1 fully saturated rings. The number of nitrogens with zero attached hydrogens (tertiary/aromatic N) is 4. The van der Waals surface area contributed by atoms with Gasteiger partial charge in [0.15, 0.2) is 5.82 Å². The molecule has 1 N–H and O–H groups in total. The fourth-order valence-corrected chi connectivity index (χ4v) is 4.86. The van der Waals surface area contributed by atoms with Crippen molar-refractivity contribution >= 4 is 22.3 Å². The van der Waals surface area contributed by atoms with E-state index < -0.39 is 11.7 Å². The summed E-state index contributed by atoms with van der Waals surface area (Å²) in [6.07, 6.45) is 0.872. The number of halogens is 3. The lowest BCUT2D eigenvalue weighted by atomic mass is 9.97. The molecule has 0 saturated carbocycles. The first-order valence-corrected chi connectivity index (χ1v) is 11.7. The molecule has 182 valence electrons. The van der Waals surface area contributed by atoms with Gasteiger partial charge in [-0.05, 0) is 70.1 Å². The predicted octanol–water partition coefficient (Wildman–Crippen LogP) is 6.05. The first-order valence-electron chi connectivity index (χ1n) is 11.7. The third kappa shape index (κ3) is 5.12. The summed E-state index contributed by atoms with van der Waals surface area (Å²) < 4.78 is 40.2. The fourth-order valence-electron chi connectivity index (χ4n) is 4.86. The molecule has 0 aliphatic carbocycles. The number of fused-ring (bicyclic) bond motifs is 1. The fraction of sp³-hybridized carbons (Fsp3) is 0.462. The smallest absolute Gasteiger partial charge is 0.370 e. The molecule has 1 aliphatic heterocycles. The minimum Gasteiger partial charge on any atom is -0.370 e. The minimum absolute atomic E-state index is 0.225. The van der Waals surface area contributed by atoms with E-state index in [1.807, 2.05) is 13.0 Å². The van der Waals surface area contributed by atoms with Gasteiger partial charge in [-0.1, -0.05) is 24.6 Å². The van der Waals surface area contributed by atoms with Gasteiger partial charge in [-0.2, -0.15) is 18.3 Å². The van der Waals surface area contributed by atoms with E-state index in [9.17, 15) is 13.2 Å². The number of benzene rings is 2. The van der Waals surface area contributed by atoms with Gasteiger partial charge in [0.1, 0.15) is 0 Å². The van der Waals surface area contributed by atoms with Crippen molar-refractivity contribution in [3.8, 4) is 0 Å². The Labute approximate surface area is 199 Å². The number of alkyl halides is 3. The van der Waals surface area contributed by atoms with E-state index in [-0.39, 0.29) is 11.6 Å². The number of hydrogen-bond donors (Lipinski definition) is 1. The second-order valence-electron chi connectivity index (χ2n) is 9.41. The Bertz CT molecular complexity index is 1140. The molecule has 0 amide bonds. The van der Waals surface area contributed by atoms with Crippen LogP contribution in [-0.2, 0) is 6.18 Å². The van der Waals surface area contributed by atoms with Crippen molar-refractivity contribution in [2.75, 3.05) is 37.4 Å². The zero-order valence-electron chi connectivity index (χ0n) is 20.2. The number of hydrogen-bond acceptors (Lipinski definition) is 5. The summed E-state index contributed by atoms with van der Waals surface area (Å²) in [4.78, 5) is 4.71. The van der Waals surface area contributed by atoms with E-state index >= 15 is 0 Å². The van der Waals surface area contributed by atoms with Gasteiger partial charge >= 0.3 is 6.18 Å². The van der Waals surface area contributed by atoms with E-state index in [2.05, 4.69) is 51.5 Å². The Morgan fingerprint density at radius 2 is 1.94 bits per heavy atom. The Kier molecular flexibility index (Phi) is 6.98. The summed E-state index contributed by atoms with van der Waals surface area (Å²) in [6.45, 7) is 5.32. The summed E-state index contributed by atoms with van der Waals surface area (Å²) in [5.74, 6) is 0.572. The molecular weight excluding hydrogens is 439 g/mol. The van der Waals surface area contributed by atoms with Gasteiger partial charge < -0.3 is 15.1 Å². The number of rotatable bonds is 5. The van der Waals surface area contributed by atoms with Crippen LogP contribution in [0.15, 0.2) is 42.6 Å². The SMILES string of the molecule is Cc1c(C(C)Nc2nncc3ccc(N4CCCCC(N(C)C)C4)cc23)cccc1C(F)(F)F. The maximum Gasteiger partial charge on any atom is 0.416 e. The summed E-state index contributed by atoms with van der Waals surface area (Å²) in [5.41, 5.74) is 1.33. The highest BCUT2D eigenvalue weighted by Crippen LogP contribution is 2.36. The molecule has 2 atom stereocenters. The predicted molar refractivity (Wildman–Crippen MR) is 131 cm³/mol. The van der Waals surface area contributed by atoms with Crippen molar-refractivity contribution in [2.45, 2.75) is 51.4 Å². The van der Waals surface area contributed by atoms with Gasteiger partial charge in [-0.3, -0.25) is 0 Å². The van der Waals surface area contributed by atoms with Crippen molar-refractivity contribution in [3.05, 3.63) is 59.3 Å². The van der Waals surface area contributed by atoms with E-state index in [4.69, 9.17) is 0 Å². The maximum absolute atomic E-state index is 13.4. The molecule has 0 bridgehead atoms. The van der Waals surface area contributed by atoms with E-state index in [0.29, 0.717) is 17.4 Å². The van der Waals surface area contributed by atoms with E-state index in [0.717, 1.165) is 42.0 Å². The van der Waals surface area contributed by atoms with Crippen molar-refractivity contribution < 1.29 is 13.2 Å². The van der Waals surface area contributed by atoms with Crippen molar-refractivity contribution in [1.82, 2.24) is 15.1 Å². The molecule has 5 nitrogen and oxygen atoms in total. The first-order chi connectivity index (χ1) is 16.1. The van der Waals surface area contributed by atoms with Crippen LogP contribution in [0.4, 0.5) is 24.7 Å². The van der Waals surface area contributed by atoms with Crippen molar-refractivity contribution in [2.24, 2.45) is 0 Å². The minimum atomic E-state index is -4.38. The monoisotopic (exact) mass is 471 g/mol. The Morgan fingerprint density at radius 1 is 1.15 bits per heavy atom. The summed E-state index contributed by atoms with van der Waals surface area (Å²) >= 11 is 0. The molecule has 3 aromatic rings. The van der Waals surface area contributed by atoms with Gasteiger partial charge in [-0.25, -0.2) is 0 Å². The Balaban J connectivity index is 1.65. The van der Waals surface area contributed by atoms with Crippen LogP contribution in [0.25, 0.3) is 10.8 Å². The average Bonchev–Trinajstić information content (AvgIpc) is 3.05. The van der Waals surface area contributed by atoms with Gasteiger partial charge in [-0.15, -0.1) is 5.10 Å². The van der Waals surface area contributed by atoms with Gasteiger partial charge in [0.25, 0.3) is 0 Å². The molecule has 4 rings (SSSR count). The Morgan fingerprint density at radius 3 is 2.68 bits per heavy atom. The molecule has 34 heavy (non-hydrogen) atoms. The Hall–Kier alpha value is -2.87. The molecule has 0 spiro atoms. The molecule has 2 aromatic carbocycles. The highest BCUT2D eigenvalue weighted by Gasteiger charge is 2.33. The summed E-state index contributed by atoms with van der Waals surface area (Å²) in [7, 11) is 4.26. The van der Waals surface area contributed by atoms with Crippen molar-refractivity contribution in [3.63, 3.8) is 0 Å². The van der Waals surface area contributed by atoms with Crippen LogP contribution in [-0.4, -0.2) is 48.3 Å². The number of anilines is 2. The number of aromatic nitrogens is 2. The van der Waals surface area contributed by atoms with Crippen LogP contribution in [0.2, 0.25) is 0 Å². The van der Waals surface area contributed by atoms with Crippen LogP contribution in [0.3, 0.4) is 0 Å². The first kappa shape index (κ1) is 24.3. The molecule has 1 saturated heterocycles.